The van der Waals surface area contributed by atoms with Crippen LogP contribution >= 0.6 is 11.6 Å². The lowest BCUT2D eigenvalue weighted by Crippen LogP contribution is -2.01. The van der Waals surface area contributed by atoms with Gasteiger partial charge in [0, 0.05) is 16.7 Å². The third kappa shape index (κ3) is 2.32. The summed E-state index contributed by atoms with van der Waals surface area (Å²) in [6.45, 7) is -0.282. The Labute approximate surface area is 79.6 Å². The van der Waals surface area contributed by atoms with E-state index in [0.717, 1.165) is 0 Å². The minimum Gasteiger partial charge on any atom is -0.396 e. The number of aromatic nitrogens is 1. The number of nitrogens with zero attached hydrogens (tertiary/aromatic N) is 4. The van der Waals surface area contributed by atoms with Gasteiger partial charge in [0.2, 0.25) is 0 Å². The van der Waals surface area contributed by atoms with Crippen LogP contribution in [0.1, 0.15) is 11.6 Å². The molecule has 0 bridgehead atoms. The minimum absolute atomic E-state index is 0.244. The second-order valence-corrected chi connectivity index (χ2v) is 2.64. The van der Waals surface area contributed by atoms with Crippen molar-refractivity contribution in [2.45, 2.75) is 6.04 Å². The van der Waals surface area contributed by atoms with E-state index in [0.29, 0.717) is 5.56 Å². The lowest BCUT2D eigenvalue weighted by atomic mass is 10.1. The van der Waals surface area contributed by atoms with Crippen LogP contribution in [-0.2, 0) is 0 Å². The number of hydrogen-bond acceptors (Lipinski definition) is 3. The molecule has 0 aliphatic carbocycles. The highest BCUT2D eigenvalue weighted by molar-refractivity contribution is 6.30. The van der Waals surface area contributed by atoms with Gasteiger partial charge in [-0.2, -0.15) is 0 Å². The van der Waals surface area contributed by atoms with Crippen molar-refractivity contribution < 1.29 is 5.11 Å². The standard InChI is InChI=1S/C7H7ClN4O/c8-7-5(2-1-3-10-7)6(4-13)11-12-9/h1-3,6,13H,4H2. The molecule has 0 aliphatic rings. The van der Waals surface area contributed by atoms with Crippen molar-refractivity contribution in [2.75, 3.05) is 6.61 Å². The summed E-state index contributed by atoms with van der Waals surface area (Å²) in [7, 11) is 0. The number of pyridine rings is 1. The van der Waals surface area contributed by atoms with Crippen molar-refractivity contribution in [1.82, 2.24) is 4.98 Å². The maximum atomic E-state index is 8.88. The van der Waals surface area contributed by atoms with Crippen LogP contribution in [0.2, 0.25) is 5.15 Å². The number of hydrogen-bond donors (Lipinski definition) is 1. The van der Waals surface area contributed by atoms with Crippen LogP contribution in [0.3, 0.4) is 0 Å². The number of aliphatic hydroxyl groups excluding tert-OH is 1. The van der Waals surface area contributed by atoms with Gasteiger partial charge in [0.25, 0.3) is 0 Å². The molecule has 5 nitrogen and oxygen atoms in total. The fourth-order valence-corrected chi connectivity index (χ4v) is 1.15. The van der Waals surface area contributed by atoms with E-state index in [1.165, 1.54) is 6.20 Å². The number of azide groups is 1. The Morgan fingerprint density at radius 1 is 1.77 bits per heavy atom. The fraction of sp³-hybridized carbons (Fsp3) is 0.286. The van der Waals surface area contributed by atoms with Crippen molar-refractivity contribution in [3.05, 3.63) is 39.5 Å². The van der Waals surface area contributed by atoms with Crippen LogP contribution in [0.15, 0.2) is 23.4 Å². The molecule has 0 saturated carbocycles. The van der Waals surface area contributed by atoms with E-state index in [4.69, 9.17) is 22.2 Å². The van der Waals surface area contributed by atoms with Crippen molar-refractivity contribution in [2.24, 2.45) is 5.11 Å². The lowest BCUT2D eigenvalue weighted by molar-refractivity contribution is 0.268. The van der Waals surface area contributed by atoms with Gasteiger partial charge in [-0.05, 0) is 11.6 Å². The van der Waals surface area contributed by atoms with Gasteiger partial charge in [-0.25, -0.2) is 4.98 Å². The fourth-order valence-electron chi connectivity index (χ4n) is 0.906. The summed E-state index contributed by atoms with van der Waals surface area (Å²) < 4.78 is 0. The molecule has 0 fully saturated rings. The van der Waals surface area contributed by atoms with Crippen molar-refractivity contribution in [1.29, 1.82) is 0 Å². The zero-order chi connectivity index (χ0) is 9.68. The zero-order valence-electron chi connectivity index (χ0n) is 6.63. The molecule has 68 valence electrons. The van der Waals surface area contributed by atoms with Gasteiger partial charge in [-0.3, -0.25) is 0 Å². The van der Waals surface area contributed by atoms with E-state index in [9.17, 15) is 0 Å². The molecule has 0 spiro atoms. The number of rotatable bonds is 3. The van der Waals surface area contributed by atoms with Crippen LogP contribution in [0, 0.1) is 0 Å². The normalized spacial score (nSPS) is 11.8. The Morgan fingerprint density at radius 3 is 3.08 bits per heavy atom. The van der Waals surface area contributed by atoms with Crippen LogP contribution in [-0.4, -0.2) is 16.7 Å². The summed E-state index contributed by atoms with van der Waals surface area (Å²) in [5, 5.41) is 12.5. The molecule has 0 aromatic carbocycles. The van der Waals surface area contributed by atoms with Gasteiger partial charge in [0.05, 0.1) is 12.6 Å². The SMILES string of the molecule is [N-]=[N+]=NC(CO)c1cccnc1Cl. The molecule has 0 amide bonds. The van der Waals surface area contributed by atoms with Gasteiger partial charge in [0.15, 0.2) is 0 Å². The molecule has 13 heavy (non-hydrogen) atoms. The summed E-state index contributed by atoms with van der Waals surface area (Å²) in [5.41, 5.74) is 8.74. The molecule has 1 unspecified atom stereocenters. The van der Waals surface area contributed by atoms with Crippen LogP contribution in [0.25, 0.3) is 10.4 Å². The maximum Gasteiger partial charge on any atom is 0.132 e. The van der Waals surface area contributed by atoms with Gasteiger partial charge in [-0.1, -0.05) is 22.8 Å². The van der Waals surface area contributed by atoms with Crippen LogP contribution in [0.5, 0.6) is 0 Å². The monoisotopic (exact) mass is 198 g/mol. The summed E-state index contributed by atoms with van der Waals surface area (Å²) in [6.07, 6.45) is 1.52. The highest BCUT2D eigenvalue weighted by Crippen LogP contribution is 2.22. The Balaban J connectivity index is 3.04. The van der Waals surface area contributed by atoms with E-state index in [2.05, 4.69) is 15.0 Å². The summed E-state index contributed by atoms with van der Waals surface area (Å²) in [5.74, 6) is 0. The first-order valence-corrected chi connectivity index (χ1v) is 3.93. The lowest BCUT2D eigenvalue weighted by Gasteiger charge is -2.07. The Kier molecular flexibility index (Phi) is 3.52. The highest BCUT2D eigenvalue weighted by Gasteiger charge is 2.11. The molecule has 0 radical (unpaired) electrons. The Hall–Kier alpha value is -1.29. The predicted molar refractivity (Wildman–Crippen MR) is 48.2 cm³/mol. The Morgan fingerprint density at radius 2 is 2.54 bits per heavy atom. The second-order valence-electron chi connectivity index (χ2n) is 2.29. The second kappa shape index (κ2) is 4.67. The smallest absolute Gasteiger partial charge is 0.132 e. The largest absolute Gasteiger partial charge is 0.396 e. The average Bonchev–Trinajstić information content (AvgIpc) is 2.16. The van der Waals surface area contributed by atoms with Crippen LogP contribution < -0.4 is 0 Å². The minimum atomic E-state index is -0.661. The molecule has 1 heterocycles. The first-order valence-electron chi connectivity index (χ1n) is 3.55. The first-order chi connectivity index (χ1) is 6.29. The van der Waals surface area contributed by atoms with E-state index in [1.54, 1.807) is 12.1 Å². The molecule has 6 heteroatoms. The summed E-state index contributed by atoms with van der Waals surface area (Å²) in [4.78, 5) is 6.40. The zero-order valence-corrected chi connectivity index (χ0v) is 7.39. The molecular weight excluding hydrogens is 192 g/mol. The molecule has 1 aromatic rings. The summed E-state index contributed by atoms with van der Waals surface area (Å²) in [6, 6.07) is 2.66. The van der Waals surface area contributed by atoms with E-state index < -0.39 is 6.04 Å². The van der Waals surface area contributed by atoms with E-state index >= 15 is 0 Å². The molecule has 0 aliphatic heterocycles. The van der Waals surface area contributed by atoms with Crippen molar-refractivity contribution in [3.63, 3.8) is 0 Å². The maximum absolute atomic E-state index is 8.88. The molecule has 0 saturated heterocycles. The van der Waals surface area contributed by atoms with Gasteiger partial charge >= 0.3 is 0 Å². The molecule has 1 aromatic heterocycles. The summed E-state index contributed by atoms with van der Waals surface area (Å²) >= 11 is 5.73. The molecule has 1 atom stereocenters. The predicted octanol–water partition coefficient (Wildman–Crippen LogP) is 2.08. The van der Waals surface area contributed by atoms with Crippen molar-refractivity contribution in [3.8, 4) is 0 Å². The first kappa shape index (κ1) is 9.80. The van der Waals surface area contributed by atoms with Gasteiger partial charge < -0.3 is 5.11 Å². The van der Waals surface area contributed by atoms with E-state index in [1.807, 2.05) is 0 Å². The highest BCUT2D eigenvalue weighted by atomic mass is 35.5. The number of halogens is 1. The Bertz CT molecular complexity index is 337. The molecular formula is C7H7ClN4O. The molecule has 1 rings (SSSR count). The molecule has 1 N–H and O–H groups in total. The van der Waals surface area contributed by atoms with E-state index in [-0.39, 0.29) is 11.8 Å². The number of aliphatic hydroxyl groups is 1. The van der Waals surface area contributed by atoms with Gasteiger partial charge in [0.1, 0.15) is 5.15 Å². The van der Waals surface area contributed by atoms with Gasteiger partial charge in [-0.15, -0.1) is 0 Å². The third-order valence-electron chi connectivity index (χ3n) is 1.51. The average molecular weight is 199 g/mol. The third-order valence-corrected chi connectivity index (χ3v) is 1.83. The quantitative estimate of drug-likeness (QED) is 0.349. The van der Waals surface area contributed by atoms with Crippen molar-refractivity contribution >= 4 is 11.6 Å². The topological polar surface area (TPSA) is 81.9 Å². The van der Waals surface area contributed by atoms with Crippen LogP contribution in [0.4, 0.5) is 0 Å².